The molecule has 0 aromatic rings. The Morgan fingerprint density at radius 2 is 1.22 bits per heavy atom. The van der Waals surface area contributed by atoms with Gasteiger partial charge in [0.1, 0.15) is 24.4 Å². The van der Waals surface area contributed by atoms with Crippen LogP contribution in [0.2, 0.25) is 0 Å². The van der Waals surface area contributed by atoms with Crippen LogP contribution in [0.3, 0.4) is 0 Å². The summed E-state index contributed by atoms with van der Waals surface area (Å²) in [6.45, 7) is 10.7. The van der Waals surface area contributed by atoms with E-state index in [4.69, 9.17) is 9.47 Å². The molecule has 1 aliphatic rings. The zero-order chi connectivity index (χ0) is 33.7. The summed E-state index contributed by atoms with van der Waals surface area (Å²) in [6.07, 6.45) is 13.6. The van der Waals surface area contributed by atoms with E-state index < -0.39 is 42.0 Å². The first-order chi connectivity index (χ1) is 21.3. The third kappa shape index (κ3) is 19.6. The van der Waals surface area contributed by atoms with E-state index in [2.05, 4.69) is 12.2 Å². The van der Waals surface area contributed by atoms with E-state index in [9.17, 15) is 30.3 Å². The molecule has 0 radical (unpaired) electrons. The fourth-order valence-electron chi connectivity index (χ4n) is 5.94. The average molecular weight is 646 g/mol. The summed E-state index contributed by atoms with van der Waals surface area (Å²) < 4.78 is 11.7. The molecule has 268 valence electrons. The van der Waals surface area contributed by atoms with Crippen LogP contribution in [0.1, 0.15) is 150 Å². The molecule has 0 aromatic heterocycles. The molecule has 0 bridgehead atoms. The number of hydrogen-bond acceptors (Lipinski definition) is 8. The smallest absolute Gasteiger partial charge is 0.220 e. The van der Waals surface area contributed by atoms with Crippen LogP contribution in [0.25, 0.3) is 0 Å². The van der Waals surface area contributed by atoms with Gasteiger partial charge in [0.2, 0.25) is 5.91 Å². The molecule has 1 aliphatic heterocycles. The number of amides is 1. The summed E-state index contributed by atoms with van der Waals surface area (Å²) in [4.78, 5) is 12.7. The van der Waals surface area contributed by atoms with Gasteiger partial charge in [-0.3, -0.25) is 4.79 Å². The molecule has 0 aromatic carbocycles. The van der Waals surface area contributed by atoms with Crippen molar-refractivity contribution in [1.82, 2.24) is 5.32 Å². The molecule has 9 heteroatoms. The third-order valence-electron chi connectivity index (χ3n) is 9.03. The number of carbonyl (C=O) groups is 1. The number of carbonyl (C=O) groups excluding carboxylic acids is 1. The quantitative estimate of drug-likeness (QED) is 0.0649. The maximum atomic E-state index is 12.7. The van der Waals surface area contributed by atoms with Crippen LogP contribution < -0.4 is 5.32 Å². The second kappa shape index (κ2) is 23.5. The predicted octanol–water partition coefficient (Wildman–Crippen LogP) is 5.42. The van der Waals surface area contributed by atoms with E-state index in [1.54, 1.807) is 0 Å². The van der Waals surface area contributed by atoms with Crippen molar-refractivity contribution in [2.45, 2.75) is 187 Å². The van der Waals surface area contributed by atoms with Crippen LogP contribution in [0.4, 0.5) is 0 Å². The fourth-order valence-corrected chi connectivity index (χ4v) is 5.94. The Morgan fingerprint density at radius 3 is 1.78 bits per heavy atom. The van der Waals surface area contributed by atoms with Crippen LogP contribution >= 0.6 is 0 Å². The number of hydrogen-bond donors (Lipinski definition) is 6. The molecule has 6 unspecified atom stereocenters. The molecule has 9 nitrogen and oxygen atoms in total. The highest BCUT2D eigenvalue weighted by Gasteiger charge is 2.43. The van der Waals surface area contributed by atoms with Crippen molar-refractivity contribution in [3.63, 3.8) is 0 Å². The lowest BCUT2D eigenvalue weighted by atomic mass is 9.89. The molecule has 1 rings (SSSR count). The van der Waals surface area contributed by atoms with E-state index in [1.165, 1.54) is 70.6 Å². The average Bonchev–Trinajstić information content (AvgIpc) is 2.98. The standard InChI is InChI=1S/C36H71NO8/c1-6-7-8-9-10-11-12-13-14-15-16-17-18-20-28(39)21-19-22-29-32(41)34(43)33(42)30(45-29)24-37-31(40)23-35(2,3)26-44-27-36(4,5)25-38/h28-30,32-34,38-39,41-43H,6-27H2,1-5H3,(H,37,40). The second-order valence-corrected chi connectivity index (χ2v) is 15.3. The molecular formula is C36H71NO8. The maximum absolute atomic E-state index is 12.7. The number of ether oxygens (including phenoxy) is 2. The van der Waals surface area contributed by atoms with Gasteiger partial charge in [-0.05, 0) is 31.1 Å². The van der Waals surface area contributed by atoms with Crippen LogP contribution in [0.5, 0.6) is 0 Å². The van der Waals surface area contributed by atoms with Gasteiger partial charge in [0.25, 0.3) is 0 Å². The third-order valence-corrected chi connectivity index (χ3v) is 9.03. The SMILES string of the molecule is CCCCCCCCCCCCCCCC(O)CCCC1OC(CNC(=O)CC(C)(C)COCC(C)(C)CO)C(O)C(O)C1O. The second-order valence-electron chi connectivity index (χ2n) is 15.3. The number of nitrogens with one attached hydrogen (secondary N) is 1. The molecule has 0 spiro atoms. The van der Waals surface area contributed by atoms with Crippen LogP contribution in [0, 0.1) is 10.8 Å². The molecule has 1 amide bonds. The van der Waals surface area contributed by atoms with Gasteiger partial charge >= 0.3 is 0 Å². The molecule has 6 atom stereocenters. The van der Waals surface area contributed by atoms with Gasteiger partial charge in [0.05, 0.1) is 32.0 Å². The van der Waals surface area contributed by atoms with Crippen molar-refractivity contribution in [3.05, 3.63) is 0 Å². The van der Waals surface area contributed by atoms with Crippen molar-refractivity contribution >= 4 is 5.91 Å². The minimum atomic E-state index is -1.37. The molecular weight excluding hydrogens is 574 g/mol. The summed E-state index contributed by atoms with van der Waals surface area (Å²) in [6, 6.07) is 0. The van der Waals surface area contributed by atoms with Gasteiger partial charge in [-0.2, -0.15) is 0 Å². The number of aliphatic hydroxyl groups is 5. The van der Waals surface area contributed by atoms with Crippen molar-refractivity contribution in [2.75, 3.05) is 26.4 Å². The number of aliphatic hydroxyl groups excluding tert-OH is 5. The van der Waals surface area contributed by atoms with Crippen LogP contribution in [0.15, 0.2) is 0 Å². The highest BCUT2D eigenvalue weighted by molar-refractivity contribution is 5.76. The topological polar surface area (TPSA) is 149 Å². The van der Waals surface area contributed by atoms with Crippen molar-refractivity contribution in [1.29, 1.82) is 0 Å². The van der Waals surface area contributed by atoms with Gasteiger partial charge in [0.15, 0.2) is 0 Å². The molecule has 1 fully saturated rings. The predicted molar refractivity (Wildman–Crippen MR) is 180 cm³/mol. The largest absolute Gasteiger partial charge is 0.396 e. The molecule has 1 heterocycles. The molecule has 6 N–H and O–H groups in total. The van der Waals surface area contributed by atoms with E-state index in [0.717, 1.165) is 19.3 Å². The first-order valence-electron chi connectivity index (χ1n) is 18.1. The Bertz CT molecular complexity index is 749. The lowest BCUT2D eigenvalue weighted by molar-refractivity contribution is -0.222. The number of unbranched alkanes of at least 4 members (excludes halogenated alkanes) is 12. The van der Waals surface area contributed by atoms with Gasteiger partial charge in [0, 0.05) is 18.4 Å². The lowest BCUT2D eigenvalue weighted by Crippen LogP contribution is -2.60. The molecule has 0 saturated carbocycles. The normalized spacial score (nSPS) is 23.3. The minimum Gasteiger partial charge on any atom is -0.396 e. The highest BCUT2D eigenvalue weighted by Crippen LogP contribution is 2.26. The van der Waals surface area contributed by atoms with E-state index >= 15 is 0 Å². The lowest BCUT2D eigenvalue weighted by Gasteiger charge is -2.41. The molecule has 1 saturated heterocycles. The van der Waals surface area contributed by atoms with Crippen molar-refractivity contribution < 1.29 is 39.8 Å². The monoisotopic (exact) mass is 646 g/mol. The van der Waals surface area contributed by atoms with Crippen molar-refractivity contribution in [3.8, 4) is 0 Å². The van der Waals surface area contributed by atoms with Crippen LogP contribution in [-0.2, 0) is 14.3 Å². The van der Waals surface area contributed by atoms with Crippen LogP contribution in [-0.4, -0.2) is 94.4 Å². The highest BCUT2D eigenvalue weighted by atomic mass is 16.5. The summed E-state index contributed by atoms with van der Waals surface area (Å²) in [5, 5.41) is 54.1. The van der Waals surface area contributed by atoms with Gasteiger partial charge in [-0.1, -0.05) is 118 Å². The summed E-state index contributed by atoms with van der Waals surface area (Å²) in [5.41, 5.74) is -0.785. The van der Waals surface area contributed by atoms with E-state index in [-0.39, 0.29) is 30.9 Å². The van der Waals surface area contributed by atoms with E-state index in [0.29, 0.717) is 32.5 Å². The zero-order valence-electron chi connectivity index (χ0n) is 29.5. The fraction of sp³-hybridized carbons (Fsp3) is 0.972. The summed E-state index contributed by atoms with van der Waals surface area (Å²) in [5.74, 6) is -0.228. The van der Waals surface area contributed by atoms with Gasteiger partial charge < -0.3 is 40.3 Å². The Hall–Kier alpha value is -0.810. The van der Waals surface area contributed by atoms with E-state index in [1.807, 2.05) is 27.7 Å². The summed E-state index contributed by atoms with van der Waals surface area (Å²) in [7, 11) is 0. The summed E-state index contributed by atoms with van der Waals surface area (Å²) >= 11 is 0. The van der Waals surface area contributed by atoms with Crippen molar-refractivity contribution in [2.24, 2.45) is 10.8 Å². The minimum absolute atomic E-state index is 0.0104. The first kappa shape index (κ1) is 42.2. The Labute approximate surface area is 274 Å². The molecule has 0 aliphatic carbocycles. The first-order valence-corrected chi connectivity index (χ1v) is 18.1. The maximum Gasteiger partial charge on any atom is 0.220 e. The van der Waals surface area contributed by atoms with Gasteiger partial charge in [-0.25, -0.2) is 0 Å². The zero-order valence-corrected chi connectivity index (χ0v) is 29.5. The Kier molecular flexibility index (Phi) is 22.0. The Balaban J connectivity index is 2.24. The Morgan fingerprint density at radius 1 is 0.733 bits per heavy atom. The number of rotatable bonds is 27. The van der Waals surface area contributed by atoms with Gasteiger partial charge in [-0.15, -0.1) is 0 Å². The molecule has 45 heavy (non-hydrogen) atoms.